The van der Waals surface area contributed by atoms with Gasteiger partial charge in [0.2, 0.25) is 0 Å². The lowest BCUT2D eigenvalue weighted by Crippen LogP contribution is -2.19. The van der Waals surface area contributed by atoms with E-state index in [-0.39, 0.29) is 0 Å². The summed E-state index contributed by atoms with van der Waals surface area (Å²) in [6.45, 7) is 0.393. The molecule has 1 N–H and O–H groups in total. The van der Waals surface area contributed by atoms with Crippen molar-refractivity contribution in [3.05, 3.63) is 0 Å². The molecule has 0 unspecified atom stereocenters. The lowest BCUT2D eigenvalue weighted by molar-refractivity contribution is 0.147. The van der Waals surface area contributed by atoms with Gasteiger partial charge in [-0.25, -0.2) is 4.79 Å². The van der Waals surface area contributed by atoms with E-state index in [1.54, 1.807) is 0 Å². The fourth-order valence-electron chi connectivity index (χ4n) is 0.411. The molecule has 0 fully saturated rings. The molecule has 3 nitrogen and oxygen atoms in total. The fraction of sp³-hybridized carbons (Fsp3) is 0.571. The molecule has 56 valence electrons. The number of nitrogens with one attached hydrogen (secondary N) is 1. The number of carbonyl (C=O) groups is 1. The Morgan fingerprint density at radius 3 is 3.00 bits per heavy atom. The Hall–Kier alpha value is -1.17. The molecule has 0 spiro atoms. The van der Waals surface area contributed by atoms with Gasteiger partial charge in [-0.05, 0) is 6.42 Å². The highest BCUT2D eigenvalue weighted by Crippen LogP contribution is 1.87. The van der Waals surface area contributed by atoms with Crippen LogP contribution in [0.3, 0.4) is 0 Å². The second kappa shape index (κ2) is 5.96. The minimum atomic E-state index is -0.406. The van der Waals surface area contributed by atoms with Gasteiger partial charge in [-0.15, -0.1) is 12.3 Å². The number of rotatable bonds is 3. The highest BCUT2D eigenvalue weighted by molar-refractivity contribution is 5.66. The minimum Gasteiger partial charge on any atom is -0.450 e. The summed E-state index contributed by atoms with van der Waals surface area (Å²) in [6, 6.07) is 0. The van der Waals surface area contributed by atoms with Crippen LogP contribution in [0.25, 0.3) is 0 Å². The van der Waals surface area contributed by atoms with Crippen LogP contribution >= 0.6 is 0 Å². The van der Waals surface area contributed by atoms with E-state index in [9.17, 15) is 4.79 Å². The maximum atomic E-state index is 10.4. The van der Waals surface area contributed by atoms with Gasteiger partial charge in [0, 0.05) is 13.5 Å². The molecule has 3 heteroatoms. The topological polar surface area (TPSA) is 38.3 Å². The first-order valence-corrected chi connectivity index (χ1v) is 3.09. The van der Waals surface area contributed by atoms with Crippen LogP contribution in [-0.4, -0.2) is 19.7 Å². The third-order valence-corrected chi connectivity index (χ3v) is 0.903. The van der Waals surface area contributed by atoms with Crippen LogP contribution in [0, 0.1) is 12.3 Å². The van der Waals surface area contributed by atoms with Crippen molar-refractivity contribution in [1.82, 2.24) is 5.32 Å². The van der Waals surface area contributed by atoms with Crippen LogP contribution in [0.5, 0.6) is 0 Å². The van der Waals surface area contributed by atoms with Crippen LogP contribution in [0.4, 0.5) is 4.79 Å². The van der Waals surface area contributed by atoms with E-state index >= 15 is 0 Å². The molecule has 0 atom stereocenters. The quantitative estimate of drug-likeness (QED) is 0.465. The van der Waals surface area contributed by atoms with Crippen LogP contribution in [0.1, 0.15) is 12.8 Å². The number of unbranched alkanes of at least 4 members (excludes halogenated alkanes) is 1. The van der Waals surface area contributed by atoms with Crippen LogP contribution in [-0.2, 0) is 4.74 Å². The van der Waals surface area contributed by atoms with Crippen molar-refractivity contribution in [3.8, 4) is 12.3 Å². The molecule has 0 saturated heterocycles. The maximum Gasteiger partial charge on any atom is 0.406 e. The molecule has 0 heterocycles. The molecule has 0 aromatic carbocycles. The molecule has 1 amide bonds. The van der Waals surface area contributed by atoms with Crippen LogP contribution in [0.15, 0.2) is 0 Å². The van der Waals surface area contributed by atoms with Crippen molar-refractivity contribution < 1.29 is 9.53 Å². The Labute approximate surface area is 60.8 Å². The van der Waals surface area contributed by atoms with E-state index in [4.69, 9.17) is 6.42 Å². The number of hydrogen-bond donors (Lipinski definition) is 1. The second-order valence-electron chi connectivity index (χ2n) is 1.69. The normalized spacial score (nSPS) is 8.00. The molecule has 10 heavy (non-hydrogen) atoms. The number of hydrogen-bond acceptors (Lipinski definition) is 2. The summed E-state index contributed by atoms with van der Waals surface area (Å²) in [5.74, 6) is 2.45. The molecule has 0 bridgehead atoms. The minimum absolute atomic E-state index is 0.393. The average Bonchev–Trinajstić information content (AvgIpc) is 1.98. The summed E-state index contributed by atoms with van der Waals surface area (Å²) < 4.78 is 4.65. The molecule has 0 aromatic rings. The Balaban J connectivity index is 3.05. The first kappa shape index (κ1) is 8.83. The van der Waals surface area contributed by atoms with Gasteiger partial charge in [-0.3, -0.25) is 0 Å². The van der Waals surface area contributed by atoms with Gasteiger partial charge in [-0.1, -0.05) is 0 Å². The Morgan fingerprint density at radius 2 is 2.50 bits per heavy atom. The van der Waals surface area contributed by atoms with Crippen molar-refractivity contribution in [1.29, 1.82) is 0 Å². The predicted octanol–water partition coefficient (Wildman–Crippen LogP) is 0.756. The van der Waals surface area contributed by atoms with Gasteiger partial charge in [0.1, 0.15) is 0 Å². The van der Waals surface area contributed by atoms with Crippen molar-refractivity contribution in [2.24, 2.45) is 0 Å². The Kier molecular flexibility index (Phi) is 5.26. The molecular weight excluding hydrogens is 130 g/mol. The molecule has 0 aliphatic rings. The number of ether oxygens (including phenoxy) is 1. The molecule has 0 aliphatic carbocycles. The summed E-state index contributed by atoms with van der Waals surface area (Å²) in [4.78, 5) is 10.4. The van der Waals surface area contributed by atoms with E-state index in [0.29, 0.717) is 13.0 Å². The largest absolute Gasteiger partial charge is 0.450 e. The van der Waals surface area contributed by atoms with Gasteiger partial charge >= 0.3 is 6.09 Å². The fourth-order valence-corrected chi connectivity index (χ4v) is 0.411. The lowest BCUT2D eigenvalue weighted by atomic mass is 10.3. The first-order valence-electron chi connectivity index (χ1n) is 3.09. The molecule has 0 saturated carbocycles. The third-order valence-electron chi connectivity index (χ3n) is 0.903. The maximum absolute atomic E-state index is 10.4. The van der Waals surface area contributed by atoms with E-state index in [1.165, 1.54) is 7.05 Å². The Morgan fingerprint density at radius 1 is 1.80 bits per heavy atom. The van der Waals surface area contributed by atoms with Crippen LogP contribution in [0.2, 0.25) is 0 Å². The van der Waals surface area contributed by atoms with E-state index in [0.717, 1.165) is 6.42 Å². The third kappa shape index (κ3) is 4.98. The summed E-state index contributed by atoms with van der Waals surface area (Å²) in [5.41, 5.74) is 0. The van der Waals surface area contributed by atoms with Crippen molar-refractivity contribution in [3.63, 3.8) is 0 Å². The first-order chi connectivity index (χ1) is 4.81. The van der Waals surface area contributed by atoms with Crippen molar-refractivity contribution >= 4 is 6.09 Å². The van der Waals surface area contributed by atoms with Crippen LogP contribution < -0.4 is 5.32 Å². The van der Waals surface area contributed by atoms with Gasteiger partial charge < -0.3 is 10.1 Å². The Bertz CT molecular complexity index is 137. The molecule has 0 radical (unpaired) electrons. The van der Waals surface area contributed by atoms with Gasteiger partial charge in [-0.2, -0.15) is 0 Å². The van der Waals surface area contributed by atoms with E-state index in [2.05, 4.69) is 16.0 Å². The van der Waals surface area contributed by atoms with Crippen molar-refractivity contribution in [2.45, 2.75) is 12.8 Å². The SMILES string of the molecule is C#CCCCOC(=O)NC. The number of terminal acetylenes is 1. The van der Waals surface area contributed by atoms with Gasteiger partial charge in [0.15, 0.2) is 0 Å². The van der Waals surface area contributed by atoms with Gasteiger partial charge in [0.05, 0.1) is 6.61 Å². The molecule has 0 aliphatic heterocycles. The number of alkyl carbamates (subject to hydrolysis) is 1. The second-order valence-corrected chi connectivity index (χ2v) is 1.69. The molecular formula is C7H11NO2. The summed E-state index contributed by atoms with van der Waals surface area (Å²) >= 11 is 0. The summed E-state index contributed by atoms with van der Waals surface area (Å²) in [7, 11) is 1.52. The highest BCUT2D eigenvalue weighted by atomic mass is 16.5. The zero-order chi connectivity index (χ0) is 7.82. The molecule has 0 rings (SSSR count). The monoisotopic (exact) mass is 141 g/mol. The lowest BCUT2D eigenvalue weighted by Gasteiger charge is -2.00. The zero-order valence-corrected chi connectivity index (χ0v) is 6.02. The highest BCUT2D eigenvalue weighted by Gasteiger charge is 1.94. The number of carbonyl (C=O) groups excluding carboxylic acids is 1. The summed E-state index contributed by atoms with van der Waals surface area (Å²) in [6.07, 6.45) is 5.94. The summed E-state index contributed by atoms with van der Waals surface area (Å²) in [5, 5.41) is 2.33. The average molecular weight is 141 g/mol. The standard InChI is InChI=1S/C7H11NO2/c1-3-4-5-6-10-7(9)8-2/h1H,4-6H2,2H3,(H,8,9). The predicted molar refractivity (Wildman–Crippen MR) is 38.5 cm³/mol. The van der Waals surface area contributed by atoms with Gasteiger partial charge in [0.25, 0.3) is 0 Å². The van der Waals surface area contributed by atoms with Crippen molar-refractivity contribution in [2.75, 3.05) is 13.7 Å². The zero-order valence-electron chi connectivity index (χ0n) is 6.02. The van der Waals surface area contributed by atoms with E-state index in [1.807, 2.05) is 0 Å². The molecule has 0 aromatic heterocycles. The smallest absolute Gasteiger partial charge is 0.406 e. The van der Waals surface area contributed by atoms with E-state index < -0.39 is 6.09 Å². The number of amides is 1.